The van der Waals surface area contributed by atoms with E-state index in [9.17, 15) is 10.2 Å². The van der Waals surface area contributed by atoms with E-state index in [2.05, 4.69) is 259 Å². The molecule has 11 heteroatoms. The number of aromatic hydroxyl groups is 1. The van der Waals surface area contributed by atoms with Gasteiger partial charge in [0, 0.05) is 70.8 Å². The number of allylic oxidation sites excluding steroid dienone is 2. The standard InChI is InChI=1S/C83H100Cl4N2O4.2CH3.Ti/c1-75(2,3)47-81(19,20)54-40-63(73(90)71(42-54)88-67-28-24-50(77(7,8)9)36-59(67)60-37-51(78(10,11)12)25-29-68(60)88)64-45-58(86)46-66(87)74(64)92-32-23-33-93-83(91)65(49-34-56(84)44-57(85)35-49)41-55(82(21,22)48-76(4,5)6)43-72(83)89-69-30-26-52(79(13,14)15)38-61(69)62-39-53(80(16,17)18)27-31-70(62)89;;;/h24-31,34-46,72,90-91H,23,32-33,47-48H2,1-22H3;2*1H3;/q;2*-1;+2. The Morgan fingerprint density at radius 2 is 0.885 bits per heavy atom. The van der Waals surface area contributed by atoms with Gasteiger partial charge in [-0.05, 0) is 192 Å². The number of aliphatic hydroxyl groups is 1. The maximum atomic E-state index is 14.3. The summed E-state index contributed by atoms with van der Waals surface area (Å²) in [5.74, 6) is -1.57. The van der Waals surface area contributed by atoms with E-state index in [1.807, 2.05) is 18.2 Å². The fourth-order valence-corrected chi connectivity index (χ4v) is 15.8. The number of hydrogen-bond acceptors (Lipinski definition) is 4. The van der Waals surface area contributed by atoms with Crippen molar-refractivity contribution >= 4 is 95.6 Å². The number of phenols is 1. The first-order valence-corrected chi connectivity index (χ1v) is 34.7. The Morgan fingerprint density at radius 3 is 1.32 bits per heavy atom. The first-order chi connectivity index (χ1) is 42.8. The summed E-state index contributed by atoms with van der Waals surface area (Å²) in [5.41, 5.74) is 12.6. The Kier molecular flexibility index (Phi) is 22.5. The van der Waals surface area contributed by atoms with Gasteiger partial charge >= 0.3 is 21.7 Å². The summed E-state index contributed by atoms with van der Waals surface area (Å²) < 4.78 is 18.7. The van der Waals surface area contributed by atoms with Crippen LogP contribution in [0.5, 0.6) is 11.5 Å². The summed E-state index contributed by atoms with van der Waals surface area (Å²) >= 11 is 28.3. The number of nitrogens with zero attached hydrogens (tertiary/aromatic N) is 2. The maximum absolute atomic E-state index is 14.3. The Hall–Kier alpha value is -4.99. The van der Waals surface area contributed by atoms with Crippen LogP contribution < -0.4 is 4.74 Å². The number of fused-ring (bicyclic) bond motifs is 6. The number of ether oxygens (including phenoxy) is 2. The van der Waals surface area contributed by atoms with Crippen molar-refractivity contribution in [3.05, 3.63) is 201 Å². The van der Waals surface area contributed by atoms with Crippen LogP contribution >= 0.6 is 46.4 Å². The van der Waals surface area contributed by atoms with Crippen molar-refractivity contribution in [2.24, 2.45) is 16.2 Å². The molecular formula is C85H106Cl4N2O4Ti. The number of aromatic nitrogens is 2. The third-order valence-electron chi connectivity index (χ3n) is 18.9. The molecule has 0 fully saturated rings. The average Bonchev–Trinajstić information content (AvgIpc) is 1.45. The second-order valence-electron chi connectivity index (χ2n) is 34.6. The SMILES string of the molecule is CC(C)(C)CC(C)(C)C1=CC(n2c3ccc(C(C)(C)C)cc3c3cc(C(C)(C)C)ccc32)C(O)(OCCCOc2c(Cl)cc(Cl)cc2-c2cc(C(C)(C)CC(C)(C)C)cc(-n3c4ccc(C(C)(C)C)cc4c4cc(C(C)(C)C)ccc43)c2O)C(c2cc(Cl)cc(Cl)c2)=C1.[CH3-].[CH3-].[Ti+2]. The normalized spacial score (nSPS) is 16.2. The molecule has 9 aromatic rings. The Labute approximate surface area is 611 Å². The van der Waals surface area contributed by atoms with Gasteiger partial charge in [-0.3, -0.25) is 0 Å². The van der Waals surface area contributed by atoms with Gasteiger partial charge in [-0.1, -0.05) is 229 Å². The summed E-state index contributed by atoms with van der Waals surface area (Å²) in [7, 11) is 0. The summed E-state index contributed by atoms with van der Waals surface area (Å²) in [6.07, 6.45) is 6.37. The molecular weight excluding hydrogens is 1300 g/mol. The molecule has 2 atom stereocenters. The van der Waals surface area contributed by atoms with Crippen LogP contribution in [0.2, 0.25) is 20.1 Å². The van der Waals surface area contributed by atoms with Gasteiger partial charge in [-0.15, -0.1) is 0 Å². The van der Waals surface area contributed by atoms with E-state index < -0.39 is 11.8 Å². The largest absolute Gasteiger partial charge is 2.00 e. The molecule has 0 saturated heterocycles. The summed E-state index contributed by atoms with van der Waals surface area (Å²) in [5, 5.41) is 33.5. The maximum Gasteiger partial charge on any atom is 2.00 e. The number of phenolic OH excluding ortho intramolecular Hbond substituents is 1. The minimum Gasteiger partial charge on any atom is -0.505 e. The first kappa shape index (κ1) is 78.4. The van der Waals surface area contributed by atoms with Gasteiger partial charge < -0.3 is 43.7 Å². The molecule has 0 radical (unpaired) electrons. The van der Waals surface area contributed by atoms with Gasteiger partial charge in [0.05, 0.1) is 35.0 Å². The monoisotopic (exact) mass is 1410 g/mol. The van der Waals surface area contributed by atoms with E-state index in [0.717, 1.165) is 67.6 Å². The fraction of sp³-hybridized carbons (Fsp3) is 0.435. The first-order valence-electron chi connectivity index (χ1n) is 33.2. The molecule has 512 valence electrons. The average molecular weight is 1410 g/mol. The molecule has 0 bridgehead atoms. The van der Waals surface area contributed by atoms with E-state index in [0.29, 0.717) is 60.2 Å². The Balaban J connectivity index is 0.00000433. The van der Waals surface area contributed by atoms with Crippen molar-refractivity contribution < 1.29 is 41.4 Å². The van der Waals surface area contributed by atoms with Crippen LogP contribution in [-0.2, 0) is 53.5 Å². The van der Waals surface area contributed by atoms with Crippen molar-refractivity contribution in [1.82, 2.24) is 9.13 Å². The van der Waals surface area contributed by atoms with E-state index >= 15 is 0 Å². The fourth-order valence-electron chi connectivity index (χ4n) is 14.7. The molecule has 96 heavy (non-hydrogen) atoms. The van der Waals surface area contributed by atoms with Gasteiger partial charge in [0.15, 0.2) is 0 Å². The van der Waals surface area contributed by atoms with Crippen molar-refractivity contribution in [3.8, 4) is 28.3 Å². The van der Waals surface area contributed by atoms with Crippen LogP contribution in [0, 0.1) is 31.1 Å². The number of halogens is 4. The summed E-state index contributed by atoms with van der Waals surface area (Å²) in [6, 6.07) is 39.5. The summed E-state index contributed by atoms with van der Waals surface area (Å²) in [4.78, 5) is 0. The van der Waals surface area contributed by atoms with E-state index in [1.165, 1.54) is 22.3 Å². The van der Waals surface area contributed by atoms with Gasteiger partial charge in [0.25, 0.3) is 0 Å². The molecule has 2 heterocycles. The van der Waals surface area contributed by atoms with Crippen molar-refractivity contribution in [3.63, 3.8) is 0 Å². The minimum absolute atomic E-state index is 0. The van der Waals surface area contributed by atoms with Crippen molar-refractivity contribution in [2.75, 3.05) is 13.2 Å². The quantitative estimate of drug-likeness (QED) is 0.0493. The van der Waals surface area contributed by atoms with Crippen LogP contribution in [0.1, 0.15) is 211 Å². The molecule has 1 aliphatic carbocycles. The van der Waals surface area contributed by atoms with Crippen LogP contribution in [0.3, 0.4) is 0 Å². The second kappa shape index (κ2) is 27.5. The van der Waals surface area contributed by atoms with Gasteiger partial charge in [0.2, 0.25) is 5.79 Å². The molecule has 0 spiro atoms. The number of rotatable bonds is 14. The Morgan fingerprint density at radius 1 is 0.469 bits per heavy atom. The van der Waals surface area contributed by atoms with E-state index in [1.54, 1.807) is 12.1 Å². The molecule has 2 N–H and O–H groups in total. The van der Waals surface area contributed by atoms with E-state index in [-0.39, 0.29) is 98.9 Å². The van der Waals surface area contributed by atoms with Gasteiger partial charge in [-0.2, -0.15) is 0 Å². The predicted molar refractivity (Wildman–Crippen MR) is 412 cm³/mol. The summed E-state index contributed by atoms with van der Waals surface area (Å²) in [6.45, 7) is 49.9. The third kappa shape index (κ3) is 15.9. The zero-order valence-electron chi connectivity index (χ0n) is 61.9. The number of benzene rings is 7. The second-order valence-corrected chi connectivity index (χ2v) is 36.3. The molecule has 1 aliphatic rings. The molecule has 6 nitrogen and oxygen atoms in total. The van der Waals surface area contributed by atoms with Crippen LogP contribution in [0.4, 0.5) is 0 Å². The molecule has 10 rings (SSSR count). The zero-order valence-corrected chi connectivity index (χ0v) is 66.4. The van der Waals surface area contributed by atoms with Crippen LogP contribution in [-0.4, -0.2) is 38.3 Å². The van der Waals surface area contributed by atoms with Crippen molar-refractivity contribution in [2.45, 2.75) is 210 Å². The number of hydrogen-bond donors (Lipinski definition) is 2. The minimum atomic E-state index is -2.00. The van der Waals surface area contributed by atoms with Gasteiger partial charge in [-0.25, -0.2) is 0 Å². The smallest absolute Gasteiger partial charge is 0.505 e. The molecule has 0 saturated carbocycles. The molecule has 2 unspecified atom stereocenters. The molecule has 0 aliphatic heterocycles. The van der Waals surface area contributed by atoms with Crippen molar-refractivity contribution in [1.29, 1.82) is 0 Å². The third-order valence-corrected chi connectivity index (χ3v) is 19.8. The topological polar surface area (TPSA) is 68.8 Å². The molecule has 0 amide bonds. The molecule has 7 aromatic carbocycles. The molecule has 2 aromatic heterocycles. The van der Waals surface area contributed by atoms with Crippen LogP contribution in [0.25, 0.3) is 66.0 Å². The zero-order chi connectivity index (χ0) is 68.5. The van der Waals surface area contributed by atoms with E-state index in [4.69, 9.17) is 55.9 Å². The van der Waals surface area contributed by atoms with Gasteiger partial charge in [0.1, 0.15) is 17.5 Å². The predicted octanol–water partition coefficient (Wildman–Crippen LogP) is 25.9. The Bertz CT molecular complexity index is 4300. The van der Waals surface area contributed by atoms with Crippen LogP contribution in [0.15, 0.2) is 133 Å².